The minimum absolute atomic E-state index is 0.304. The average Bonchev–Trinajstić information content (AvgIpc) is 3.29. The fraction of sp³-hybridized carbons (Fsp3) is 0.792. The Morgan fingerprint density at radius 1 is 1.00 bits per heavy atom. The molecule has 10 nitrogen and oxygen atoms in total. The highest BCUT2D eigenvalue weighted by Crippen LogP contribution is 2.30. The molecule has 3 rings (SSSR count). The van der Waals surface area contributed by atoms with Gasteiger partial charge in [-0.05, 0) is 50.9 Å². The molecule has 1 unspecified atom stereocenters. The first-order valence-electron chi connectivity index (χ1n) is 12.6. The molecule has 4 N–H and O–H groups in total. The quantitative estimate of drug-likeness (QED) is 0.374. The number of hydrogen-bond donors (Lipinski definition) is 4. The van der Waals surface area contributed by atoms with Crippen LogP contribution in [0, 0.1) is 5.92 Å². The topological polar surface area (TPSA) is 143 Å². The Labute approximate surface area is 200 Å². The molecule has 4 amide bonds. The Bertz CT molecular complexity index is 786. The number of carbonyl (C=O) groups is 5. The van der Waals surface area contributed by atoms with Gasteiger partial charge in [0, 0.05) is 13.2 Å². The summed E-state index contributed by atoms with van der Waals surface area (Å²) >= 11 is 0. The maximum Gasteiger partial charge on any atom is 0.290 e. The van der Waals surface area contributed by atoms with Crippen molar-refractivity contribution in [2.45, 2.75) is 102 Å². The molecule has 1 aliphatic carbocycles. The highest BCUT2D eigenvalue weighted by Gasteiger charge is 2.44. The first-order chi connectivity index (χ1) is 16.2. The summed E-state index contributed by atoms with van der Waals surface area (Å²) in [6.07, 6.45) is 6.33. The lowest BCUT2D eigenvalue weighted by Gasteiger charge is -2.38. The molecule has 0 aromatic carbocycles. The van der Waals surface area contributed by atoms with Crippen LogP contribution in [0.25, 0.3) is 0 Å². The van der Waals surface area contributed by atoms with Crippen molar-refractivity contribution in [1.29, 1.82) is 0 Å². The lowest BCUT2D eigenvalue weighted by atomic mass is 9.80. The van der Waals surface area contributed by atoms with Crippen LogP contribution >= 0.6 is 0 Å². The third-order valence-electron chi connectivity index (χ3n) is 7.03. The number of nitrogens with one attached hydrogen (secondary N) is 4. The van der Waals surface area contributed by atoms with E-state index in [0.717, 1.165) is 38.5 Å². The van der Waals surface area contributed by atoms with E-state index in [0.29, 0.717) is 38.8 Å². The fourth-order valence-corrected chi connectivity index (χ4v) is 4.93. The highest BCUT2D eigenvalue weighted by atomic mass is 16.5. The molecule has 2 saturated heterocycles. The molecule has 0 aromatic heterocycles. The number of ether oxygens (including phenoxy) is 1. The van der Waals surface area contributed by atoms with Gasteiger partial charge in [0.2, 0.25) is 23.5 Å². The van der Waals surface area contributed by atoms with Crippen molar-refractivity contribution in [2.75, 3.05) is 13.2 Å². The zero-order valence-electron chi connectivity index (χ0n) is 20.2. The molecular formula is C24H38N4O6. The molecule has 190 valence electrons. The van der Waals surface area contributed by atoms with Gasteiger partial charge in [-0.25, -0.2) is 0 Å². The number of amides is 4. The van der Waals surface area contributed by atoms with Crippen molar-refractivity contribution in [2.24, 2.45) is 5.92 Å². The van der Waals surface area contributed by atoms with E-state index < -0.39 is 41.3 Å². The molecule has 2 aliphatic heterocycles. The van der Waals surface area contributed by atoms with Crippen LogP contribution in [0.15, 0.2) is 0 Å². The molecule has 1 saturated carbocycles. The molecule has 0 radical (unpaired) electrons. The van der Waals surface area contributed by atoms with Crippen LogP contribution in [0.5, 0.6) is 0 Å². The Morgan fingerprint density at radius 2 is 1.74 bits per heavy atom. The Kier molecular flexibility index (Phi) is 9.04. The van der Waals surface area contributed by atoms with E-state index in [1.54, 1.807) is 13.8 Å². The van der Waals surface area contributed by atoms with E-state index in [1.807, 2.05) is 0 Å². The van der Waals surface area contributed by atoms with Gasteiger partial charge in [0.05, 0.1) is 6.04 Å². The normalized spacial score (nSPS) is 25.6. The molecule has 3 aliphatic rings. The molecule has 3 atom stereocenters. The summed E-state index contributed by atoms with van der Waals surface area (Å²) in [5, 5.41) is 10.9. The Hall–Kier alpha value is -2.49. The first-order valence-corrected chi connectivity index (χ1v) is 12.6. The number of ketones is 1. The van der Waals surface area contributed by atoms with E-state index in [2.05, 4.69) is 21.3 Å². The van der Waals surface area contributed by atoms with Crippen LogP contribution in [-0.4, -0.2) is 66.3 Å². The van der Waals surface area contributed by atoms with Crippen LogP contribution in [0.1, 0.15) is 78.1 Å². The maximum absolute atomic E-state index is 13.5. The number of hydrogen-bond acceptors (Lipinski definition) is 6. The highest BCUT2D eigenvalue weighted by molar-refractivity contribution is 6.39. The maximum atomic E-state index is 13.5. The predicted molar refractivity (Wildman–Crippen MR) is 123 cm³/mol. The van der Waals surface area contributed by atoms with Crippen molar-refractivity contribution in [3.63, 3.8) is 0 Å². The summed E-state index contributed by atoms with van der Waals surface area (Å²) in [5.41, 5.74) is -1.13. The van der Waals surface area contributed by atoms with Gasteiger partial charge in [-0.1, -0.05) is 33.1 Å². The predicted octanol–water partition coefficient (Wildman–Crippen LogP) is 0.479. The molecule has 0 aromatic rings. The van der Waals surface area contributed by atoms with E-state index >= 15 is 0 Å². The van der Waals surface area contributed by atoms with Crippen LogP contribution in [0.4, 0.5) is 0 Å². The van der Waals surface area contributed by atoms with E-state index in [1.165, 1.54) is 0 Å². The van der Waals surface area contributed by atoms with Gasteiger partial charge in [-0.15, -0.1) is 0 Å². The molecule has 3 fully saturated rings. The third-order valence-corrected chi connectivity index (χ3v) is 7.03. The second kappa shape index (κ2) is 11.8. The standard InChI is InChI=1S/C24H38N4O6/c1-15(2)18(19(29)22(32)26-16-9-4-7-13-25-20(16)30)27-23(33)24(11-5-3-6-12-24)28-21(31)17-10-8-14-34-17/h15-18H,3-14H2,1-2H3,(H,25,30)(H,26,32)(H,27,33)(H,28,31)/t16-,17+,18?/m0/s1. The SMILES string of the molecule is CC(C)C(NC(=O)C1(NC(=O)[C@H]2CCCO2)CCCCC1)C(=O)C(=O)N[C@H]1CCCCNC1=O. The van der Waals surface area contributed by atoms with Crippen molar-refractivity contribution in [1.82, 2.24) is 21.3 Å². The summed E-state index contributed by atoms with van der Waals surface area (Å²) < 4.78 is 5.48. The van der Waals surface area contributed by atoms with Gasteiger partial charge >= 0.3 is 0 Å². The van der Waals surface area contributed by atoms with E-state index in [4.69, 9.17) is 4.74 Å². The molecule has 0 spiro atoms. The third kappa shape index (κ3) is 6.34. The van der Waals surface area contributed by atoms with Crippen molar-refractivity contribution in [3.8, 4) is 0 Å². The fourth-order valence-electron chi connectivity index (χ4n) is 4.93. The van der Waals surface area contributed by atoms with Gasteiger partial charge in [0.15, 0.2) is 0 Å². The van der Waals surface area contributed by atoms with Crippen LogP contribution in [-0.2, 0) is 28.7 Å². The second-order valence-corrected chi connectivity index (χ2v) is 10.0. The second-order valence-electron chi connectivity index (χ2n) is 10.0. The van der Waals surface area contributed by atoms with Crippen LogP contribution < -0.4 is 21.3 Å². The average molecular weight is 479 g/mol. The lowest BCUT2D eigenvalue weighted by molar-refractivity contribution is -0.144. The summed E-state index contributed by atoms with van der Waals surface area (Å²) in [4.78, 5) is 64.2. The smallest absolute Gasteiger partial charge is 0.290 e. The number of carbonyl (C=O) groups excluding carboxylic acids is 5. The lowest BCUT2D eigenvalue weighted by Crippen LogP contribution is -2.64. The van der Waals surface area contributed by atoms with Crippen molar-refractivity contribution in [3.05, 3.63) is 0 Å². The van der Waals surface area contributed by atoms with E-state index in [-0.39, 0.29) is 17.7 Å². The minimum atomic E-state index is -1.13. The number of rotatable bonds is 8. The largest absolute Gasteiger partial charge is 0.368 e. The Morgan fingerprint density at radius 3 is 2.38 bits per heavy atom. The first kappa shape index (κ1) is 26.1. The van der Waals surface area contributed by atoms with Gasteiger partial charge in [0.25, 0.3) is 5.91 Å². The summed E-state index contributed by atoms with van der Waals surface area (Å²) in [6.45, 7) is 4.55. The summed E-state index contributed by atoms with van der Waals surface area (Å²) in [5.74, 6) is -3.11. The molecule has 0 bridgehead atoms. The minimum Gasteiger partial charge on any atom is -0.368 e. The molecule has 34 heavy (non-hydrogen) atoms. The zero-order chi connectivity index (χ0) is 24.7. The number of Topliss-reactive ketones (excluding diaryl/α,β-unsaturated/α-hetero) is 1. The van der Waals surface area contributed by atoms with Crippen molar-refractivity contribution < 1.29 is 28.7 Å². The van der Waals surface area contributed by atoms with Gasteiger partial charge in [-0.3, -0.25) is 24.0 Å². The Balaban J connectivity index is 1.69. The van der Waals surface area contributed by atoms with E-state index in [9.17, 15) is 24.0 Å². The zero-order valence-corrected chi connectivity index (χ0v) is 20.2. The van der Waals surface area contributed by atoms with Crippen LogP contribution in [0.2, 0.25) is 0 Å². The summed E-state index contributed by atoms with van der Waals surface area (Å²) in [6, 6.07) is -1.84. The molecule has 2 heterocycles. The van der Waals surface area contributed by atoms with Gasteiger partial charge in [-0.2, -0.15) is 0 Å². The van der Waals surface area contributed by atoms with Crippen LogP contribution in [0.3, 0.4) is 0 Å². The van der Waals surface area contributed by atoms with Gasteiger partial charge in [0.1, 0.15) is 17.7 Å². The van der Waals surface area contributed by atoms with Gasteiger partial charge < -0.3 is 26.0 Å². The summed E-state index contributed by atoms with van der Waals surface area (Å²) in [7, 11) is 0. The molecule has 10 heteroatoms. The van der Waals surface area contributed by atoms with Crippen molar-refractivity contribution >= 4 is 29.4 Å². The monoisotopic (exact) mass is 478 g/mol. The molecular weight excluding hydrogens is 440 g/mol.